The van der Waals surface area contributed by atoms with Gasteiger partial charge >= 0.3 is 0 Å². The number of benzene rings is 1. The smallest absolute Gasteiger partial charge is 0.279 e. The van der Waals surface area contributed by atoms with Crippen LogP contribution in [-0.4, -0.2) is 39.2 Å². The number of carbonyl (C=O) groups is 3. The topological polar surface area (TPSA) is 157 Å². The van der Waals surface area contributed by atoms with Gasteiger partial charge in [0.2, 0.25) is 15.9 Å². The van der Waals surface area contributed by atoms with Crippen molar-refractivity contribution in [1.82, 2.24) is 20.9 Å². The number of hydrazine groups is 1. The van der Waals surface area contributed by atoms with E-state index < -0.39 is 40.8 Å². The Morgan fingerprint density at radius 1 is 1.00 bits per heavy atom. The number of hydrogen-bond donors (Lipinski definition) is 4. The first-order valence-electron chi connectivity index (χ1n) is 7.71. The molecule has 0 atom stereocenters. The lowest BCUT2D eigenvalue weighted by Gasteiger charge is -2.09. The molecular weight excluding hydrogens is 406 g/mol. The van der Waals surface area contributed by atoms with Gasteiger partial charge in [-0.1, -0.05) is 6.07 Å². The molecule has 2 aromatic rings. The zero-order valence-electron chi connectivity index (χ0n) is 14.3. The fourth-order valence-corrected chi connectivity index (χ4v) is 3.44. The van der Waals surface area contributed by atoms with E-state index in [2.05, 4.69) is 20.9 Å². The van der Waals surface area contributed by atoms with Gasteiger partial charge in [0.1, 0.15) is 0 Å². The highest BCUT2D eigenvalue weighted by molar-refractivity contribution is 7.89. The highest BCUT2D eigenvalue weighted by Crippen LogP contribution is 2.09. The minimum absolute atomic E-state index is 0.103. The van der Waals surface area contributed by atoms with Gasteiger partial charge in [0.05, 0.1) is 34.5 Å². The second-order valence-electron chi connectivity index (χ2n) is 5.22. The first-order chi connectivity index (χ1) is 13.3. The molecule has 0 unspecified atom stereocenters. The number of nitrogens with zero attached hydrogens (tertiary/aromatic N) is 1. The number of sulfonamides is 1. The van der Waals surface area contributed by atoms with E-state index in [1.54, 1.807) is 17.5 Å². The molecule has 0 radical (unpaired) electrons. The molecule has 1 aromatic heterocycles. The van der Waals surface area contributed by atoms with Gasteiger partial charge in [0, 0.05) is 0 Å². The van der Waals surface area contributed by atoms with E-state index in [0.717, 1.165) is 0 Å². The van der Waals surface area contributed by atoms with Crippen LogP contribution in [0.25, 0.3) is 0 Å². The van der Waals surface area contributed by atoms with Crippen molar-refractivity contribution in [3.8, 4) is 6.07 Å². The van der Waals surface area contributed by atoms with Gasteiger partial charge < -0.3 is 5.32 Å². The van der Waals surface area contributed by atoms with Crippen LogP contribution in [0.5, 0.6) is 0 Å². The monoisotopic (exact) mass is 421 g/mol. The van der Waals surface area contributed by atoms with Crippen LogP contribution in [-0.2, 0) is 19.6 Å². The van der Waals surface area contributed by atoms with E-state index in [-0.39, 0.29) is 4.90 Å². The Morgan fingerprint density at radius 2 is 1.71 bits per heavy atom. The molecule has 1 aromatic carbocycles. The van der Waals surface area contributed by atoms with E-state index in [1.165, 1.54) is 35.6 Å². The van der Waals surface area contributed by atoms with Crippen molar-refractivity contribution in [1.29, 1.82) is 5.26 Å². The molecule has 0 saturated carbocycles. The zero-order chi connectivity index (χ0) is 20.6. The van der Waals surface area contributed by atoms with Gasteiger partial charge in [0.25, 0.3) is 11.8 Å². The summed E-state index contributed by atoms with van der Waals surface area (Å²) in [4.78, 5) is 35.2. The Kier molecular flexibility index (Phi) is 7.21. The first kappa shape index (κ1) is 21.0. The van der Waals surface area contributed by atoms with E-state index in [9.17, 15) is 22.8 Å². The van der Waals surface area contributed by atoms with Crippen LogP contribution in [0.4, 0.5) is 0 Å². The van der Waals surface area contributed by atoms with E-state index in [1.807, 2.05) is 6.07 Å². The van der Waals surface area contributed by atoms with Crippen molar-refractivity contribution in [2.24, 2.45) is 0 Å². The standard InChI is InChI=1S/C16H15N5O5S2/c17-8-11-3-5-12(6-4-11)28(25,26)19-10-14(22)18-9-15(23)20-21-16(24)13-2-1-7-27-13/h1-7,19H,9-10H2,(H,18,22)(H,20,23)(H,21,24). The van der Waals surface area contributed by atoms with Crippen molar-refractivity contribution in [3.63, 3.8) is 0 Å². The average Bonchev–Trinajstić information content (AvgIpc) is 3.24. The molecule has 1 heterocycles. The summed E-state index contributed by atoms with van der Waals surface area (Å²) < 4.78 is 26.2. The Hall–Kier alpha value is -3.27. The SMILES string of the molecule is N#Cc1ccc(S(=O)(=O)NCC(=O)NCC(=O)NNC(=O)c2cccs2)cc1. The quantitative estimate of drug-likeness (QED) is 0.440. The predicted octanol–water partition coefficient (Wildman–Crippen LogP) is -0.525. The molecule has 0 aliphatic carbocycles. The molecule has 0 aliphatic rings. The lowest BCUT2D eigenvalue weighted by molar-refractivity contribution is -0.125. The number of nitriles is 1. The maximum Gasteiger partial charge on any atom is 0.279 e. The number of hydrogen-bond acceptors (Lipinski definition) is 7. The molecule has 0 aliphatic heterocycles. The summed E-state index contributed by atoms with van der Waals surface area (Å²) in [6, 6.07) is 10.3. The molecule has 4 N–H and O–H groups in total. The second-order valence-corrected chi connectivity index (χ2v) is 7.93. The van der Waals surface area contributed by atoms with E-state index >= 15 is 0 Å². The number of amides is 3. The first-order valence-corrected chi connectivity index (χ1v) is 10.1. The molecule has 3 amide bonds. The molecule has 12 heteroatoms. The Labute approximate surface area is 164 Å². The van der Waals surface area contributed by atoms with Crippen LogP contribution in [0.2, 0.25) is 0 Å². The summed E-state index contributed by atoms with van der Waals surface area (Å²) in [6.45, 7) is -1.04. The van der Waals surface area contributed by atoms with E-state index in [0.29, 0.717) is 10.4 Å². The van der Waals surface area contributed by atoms with Crippen molar-refractivity contribution in [2.45, 2.75) is 4.90 Å². The summed E-state index contributed by atoms with van der Waals surface area (Å²) in [5.41, 5.74) is 4.61. The normalized spacial score (nSPS) is 10.5. The third-order valence-electron chi connectivity index (χ3n) is 3.22. The largest absolute Gasteiger partial charge is 0.346 e. The van der Waals surface area contributed by atoms with Gasteiger partial charge in [0.15, 0.2) is 0 Å². The lowest BCUT2D eigenvalue weighted by atomic mass is 10.2. The molecule has 0 saturated heterocycles. The number of thiophene rings is 1. The molecule has 0 bridgehead atoms. The van der Waals surface area contributed by atoms with Crippen molar-refractivity contribution in [2.75, 3.05) is 13.1 Å². The van der Waals surface area contributed by atoms with E-state index in [4.69, 9.17) is 5.26 Å². The molecular formula is C16H15N5O5S2. The third-order valence-corrected chi connectivity index (χ3v) is 5.51. The summed E-state index contributed by atoms with van der Waals surface area (Å²) in [7, 11) is -3.94. The van der Waals surface area contributed by atoms with Crippen LogP contribution in [0.1, 0.15) is 15.2 Å². The van der Waals surface area contributed by atoms with Gasteiger partial charge in [-0.15, -0.1) is 11.3 Å². The summed E-state index contributed by atoms with van der Waals surface area (Å²) in [5, 5.41) is 12.6. The molecule has 0 spiro atoms. The maximum absolute atomic E-state index is 12.1. The highest BCUT2D eigenvalue weighted by Gasteiger charge is 2.16. The van der Waals surface area contributed by atoms with Gasteiger partial charge in [-0.05, 0) is 35.7 Å². The number of rotatable bonds is 7. The lowest BCUT2D eigenvalue weighted by Crippen LogP contribution is -2.47. The van der Waals surface area contributed by atoms with Crippen LogP contribution < -0.4 is 20.9 Å². The average molecular weight is 421 g/mol. The summed E-state index contributed by atoms with van der Waals surface area (Å²) in [6.07, 6.45) is 0. The second kappa shape index (κ2) is 9.60. The maximum atomic E-state index is 12.1. The number of carbonyl (C=O) groups excluding carboxylic acids is 3. The Balaban J connectivity index is 1.73. The van der Waals surface area contributed by atoms with Crippen LogP contribution in [0.15, 0.2) is 46.7 Å². The number of nitrogens with one attached hydrogen (secondary N) is 4. The zero-order valence-corrected chi connectivity index (χ0v) is 15.9. The van der Waals surface area contributed by atoms with Gasteiger partial charge in [-0.2, -0.15) is 5.26 Å². The van der Waals surface area contributed by atoms with Crippen molar-refractivity contribution >= 4 is 39.1 Å². The molecule has 28 heavy (non-hydrogen) atoms. The van der Waals surface area contributed by atoms with Crippen LogP contribution in [0.3, 0.4) is 0 Å². The predicted molar refractivity (Wildman–Crippen MR) is 99.3 cm³/mol. The summed E-state index contributed by atoms with van der Waals surface area (Å²) in [5.74, 6) is -1.92. The highest BCUT2D eigenvalue weighted by atomic mass is 32.2. The molecule has 0 fully saturated rings. The van der Waals surface area contributed by atoms with Gasteiger partial charge in [-0.25, -0.2) is 13.1 Å². The van der Waals surface area contributed by atoms with Crippen molar-refractivity contribution in [3.05, 3.63) is 52.2 Å². The minimum atomic E-state index is -3.94. The van der Waals surface area contributed by atoms with Crippen molar-refractivity contribution < 1.29 is 22.8 Å². The third kappa shape index (κ3) is 6.16. The summed E-state index contributed by atoms with van der Waals surface area (Å²) >= 11 is 1.20. The molecule has 2 rings (SSSR count). The van der Waals surface area contributed by atoms with Crippen LogP contribution >= 0.6 is 11.3 Å². The minimum Gasteiger partial charge on any atom is -0.346 e. The Morgan fingerprint density at radius 3 is 2.32 bits per heavy atom. The fourth-order valence-electron chi connectivity index (χ4n) is 1.83. The van der Waals surface area contributed by atoms with Crippen LogP contribution in [0, 0.1) is 11.3 Å². The molecule has 146 valence electrons. The molecule has 10 nitrogen and oxygen atoms in total. The van der Waals surface area contributed by atoms with Gasteiger partial charge in [-0.3, -0.25) is 25.2 Å². The Bertz CT molecular complexity index is 995. The fraction of sp³-hybridized carbons (Fsp3) is 0.125.